The number of hydrogen-bond acceptors (Lipinski definition) is 4. The topological polar surface area (TPSA) is 46.1 Å². The first-order valence-electron chi connectivity index (χ1n) is 4.45. The van der Waals surface area contributed by atoms with Crippen molar-refractivity contribution in [3.63, 3.8) is 0 Å². The van der Waals surface area contributed by atoms with Crippen LogP contribution in [0.3, 0.4) is 0 Å². The summed E-state index contributed by atoms with van der Waals surface area (Å²) in [6.45, 7) is 1.74. The Bertz CT molecular complexity index is 280. The van der Waals surface area contributed by atoms with E-state index in [1.165, 1.54) is 6.42 Å². The van der Waals surface area contributed by atoms with Crippen molar-refractivity contribution in [2.24, 2.45) is 0 Å². The number of amides is 1. The van der Waals surface area contributed by atoms with E-state index in [4.69, 9.17) is 0 Å². The molecule has 1 aromatic rings. The number of likely N-dealkylation sites (tertiary alicyclic amines) is 1. The smallest absolute Gasteiger partial charge is 0.275 e. The molecule has 70 valence electrons. The van der Waals surface area contributed by atoms with Gasteiger partial charge in [-0.05, 0) is 19.3 Å². The van der Waals surface area contributed by atoms with Crippen LogP contribution in [0.4, 0.5) is 0 Å². The summed E-state index contributed by atoms with van der Waals surface area (Å²) in [7, 11) is 0. The van der Waals surface area contributed by atoms with E-state index >= 15 is 0 Å². The van der Waals surface area contributed by atoms with Crippen LogP contribution in [0.15, 0.2) is 6.20 Å². The third kappa shape index (κ3) is 1.85. The van der Waals surface area contributed by atoms with Crippen LogP contribution in [-0.4, -0.2) is 32.6 Å². The monoisotopic (exact) mass is 197 g/mol. The number of carbonyl (C=O) groups is 1. The molecule has 1 saturated heterocycles. The number of piperidine rings is 1. The van der Waals surface area contributed by atoms with Gasteiger partial charge in [0.2, 0.25) is 0 Å². The molecule has 0 spiro atoms. The standard InChI is InChI=1S/C8H11N3OS/c12-8(7-6-9-13-10-7)11-4-2-1-3-5-11/h6H,1-5H2. The Morgan fingerprint density at radius 1 is 1.38 bits per heavy atom. The Kier molecular flexibility index (Phi) is 2.54. The average molecular weight is 197 g/mol. The van der Waals surface area contributed by atoms with Crippen molar-refractivity contribution in [3.05, 3.63) is 11.9 Å². The summed E-state index contributed by atoms with van der Waals surface area (Å²) < 4.78 is 7.75. The second-order valence-corrected chi connectivity index (χ2v) is 3.70. The molecule has 13 heavy (non-hydrogen) atoms. The quantitative estimate of drug-likeness (QED) is 0.678. The molecular formula is C8H11N3OS. The van der Waals surface area contributed by atoms with Crippen LogP contribution in [0.25, 0.3) is 0 Å². The highest BCUT2D eigenvalue weighted by molar-refractivity contribution is 6.99. The van der Waals surface area contributed by atoms with Gasteiger partial charge in [0.25, 0.3) is 5.91 Å². The third-order valence-corrected chi connectivity index (χ3v) is 2.70. The predicted octanol–water partition coefficient (Wildman–Crippen LogP) is 1.16. The zero-order valence-corrected chi connectivity index (χ0v) is 8.09. The van der Waals surface area contributed by atoms with Crippen molar-refractivity contribution in [1.82, 2.24) is 13.6 Å². The molecule has 0 unspecified atom stereocenters. The van der Waals surface area contributed by atoms with Crippen LogP contribution in [0.2, 0.25) is 0 Å². The van der Waals surface area contributed by atoms with Gasteiger partial charge < -0.3 is 4.90 Å². The number of carbonyl (C=O) groups excluding carboxylic acids is 1. The molecule has 2 heterocycles. The second-order valence-electron chi connectivity index (χ2n) is 3.15. The first kappa shape index (κ1) is 8.62. The van der Waals surface area contributed by atoms with E-state index in [0.29, 0.717) is 5.69 Å². The highest BCUT2D eigenvalue weighted by Crippen LogP contribution is 2.11. The minimum absolute atomic E-state index is 0.0356. The van der Waals surface area contributed by atoms with E-state index < -0.39 is 0 Å². The van der Waals surface area contributed by atoms with Gasteiger partial charge in [0.1, 0.15) is 0 Å². The molecule has 1 amide bonds. The van der Waals surface area contributed by atoms with E-state index in [1.807, 2.05) is 4.90 Å². The van der Waals surface area contributed by atoms with E-state index in [9.17, 15) is 4.79 Å². The van der Waals surface area contributed by atoms with Gasteiger partial charge in [0.05, 0.1) is 17.9 Å². The van der Waals surface area contributed by atoms with Crippen molar-refractivity contribution in [2.75, 3.05) is 13.1 Å². The zero-order valence-electron chi connectivity index (χ0n) is 7.27. The first-order valence-corrected chi connectivity index (χ1v) is 5.18. The third-order valence-electron chi connectivity index (χ3n) is 2.22. The Hall–Kier alpha value is -0.970. The number of rotatable bonds is 1. The van der Waals surface area contributed by atoms with Gasteiger partial charge in [0, 0.05) is 13.1 Å². The molecule has 0 aliphatic carbocycles. The van der Waals surface area contributed by atoms with Gasteiger partial charge in [-0.1, -0.05) is 0 Å². The molecule has 0 bridgehead atoms. The van der Waals surface area contributed by atoms with E-state index in [1.54, 1.807) is 6.20 Å². The van der Waals surface area contributed by atoms with Crippen molar-refractivity contribution >= 4 is 17.6 Å². The number of aromatic nitrogens is 2. The minimum Gasteiger partial charge on any atom is -0.337 e. The molecule has 0 N–H and O–H groups in total. The maximum atomic E-state index is 11.7. The molecule has 1 aromatic heterocycles. The molecular weight excluding hydrogens is 186 g/mol. The van der Waals surface area contributed by atoms with Gasteiger partial charge in [0.15, 0.2) is 5.69 Å². The lowest BCUT2D eigenvalue weighted by atomic mass is 10.1. The summed E-state index contributed by atoms with van der Waals surface area (Å²) in [5.74, 6) is 0.0356. The first-order chi connectivity index (χ1) is 6.38. The van der Waals surface area contributed by atoms with Gasteiger partial charge >= 0.3 is 0 Å². The Morgan fingerprint density at radius 3 is 2.77 bits per heavy atom. The lowest BCUT2D eigenvalue weighted by molar-refractivity contribution is 0.0719. The summed E-state index contributed by atoms with van der Waals surface area (Å²) in [5.41, 5.74) is 0.493. The van der Waals surface area contributed by atoms with Gasteiger partial charge in [-0.25, -0.2) is 0 Å². The van der Waals surface area contributed by atoms with Gasteiger partial charge in [-0.3, -0.25) is 4.79 Å². The molecule has 4 nitrogen and oxygen atoms in total. The largest absolute Gasteiger partial charge is 0.337 e. The van der Waals surface area contributed by atoms with Crippen LogP contribution < -0.4 is 0 Å². The summed E-state index contributed by atoms with van der Waals surface area (Å²) >= 11 is 1.08. The summed E-state index contributed by atoms with van der Waals surface area (Å²) in [4.78, 5) is 13.6. The van der Waals surface area contributed by atoms with E-state index in [0.717, 1.165) is 37.7 Å². The molecule has 0 saturated carbocycles. The predicted molar refractivity (Wildman–Crippen MR) is 49.7 cm³/mol. The lowest BCUT2D eigenvalue weighted by Crippen LogP contribution is -2.35. The summed E-state index contributed by atoms with van der Waals surface area (Å²) in [5, 5.41) is 0. The molecule has 0 aromatic carbocycles. The SMILES string of the molecule is O=C(c1cnsn1)N1CCCCC1. The number of nitrogens with zero attached hydrogens (tertiary/aromatic N) is 3. The van der Waals surface area contributed by atoms with Gasteiger partial charge in [-0.2, -0.15) is 8.75 Å². The maximum absolute atomic E-state index is 11.7. The minimum atomic E-state index is 0.0356. The Balaban J connectivity index is 2.04. The van der Waals surface area contributed by atoms with Crippen LogP contribution >= 0.6 is 11.7 Å². The Labute approximate surface area is 80.9 Å². The summed E-state index contributed by atoms with van der Waals surface area (Å²) in [6.07, 6.45) is 5.01. The molecule has 1 aliphatic heterocycles. The summed E-state index contributed by atoms with van der Waals surface area (Å²) in [6, 6.07) is 0. The molecule has 1 fully saturated rings. The van der Waals surface area contributed by atoms with E-state index in [-0.39, 0.29) is 5.91 Å². The highest BCUT2D eigenvalue weighted by atomic mass is 32.1. The lowest BCUT2D eigenvalue weighted by Gasteiger charge is -2.25. The molecule has 0 atom stereocenters. The van der Waals surface area contributed by atoms with Crippen molar-refractivity contribution in [2.45, 2.75) is 19.3 Å². The van der Waals surface area contributed by atoms with Crippen molar-refractivity contribution in [1.29, 1.82) is 0 Å². The van der Waals surface area contributed by atoms with Crippen LogP contribution in [-0.2, 0) is 0 Å². The fourth-order valence-corrected chi connectivity index (χ4v) is 1.93. The van der Waals surface area contributed by atoms with Crippen molar-refractivity contribution < 1.29 is 4.79 Å². The molecule has 2 rings (SSSR count). The van der Waals surface area contributed by atoms with Crippen LogP contribution in [0.1, 0.15) is 29.8 Å². The molecule has 0 radical (unpaired) electrons. The van der Waals surface area contributed by atoms with Crippen LogP contribution in [0, 0.1) is 0 Å². The molecule has 1 aliphatic rings. The highest BCUT2D eigenvalue weighted by Gasteiger charge is 2.19. The molecule has 5 heteroatoms. The fraction of sp³-hybridized carbons (Fsp3) is 0.625. The second kappa shape index (κ2) is 3.83. The average Bonchev–Trinajstić information content (AvgIpc) is 2.71. The maximum Gasteiger partial charge on any atom is 0.275 e. The Morgan fingerprint density at radius 2 is 2.15 bits per heavy atom. The van der Waals surface area contributed by atoms with E-state index in [2.05, 4.69) is 8.75 Å². The van der Waals surface area contributed by atoms with Crippen molar-refractivity contribution in [3.8, 4) is 0 Å². The zero-order chi connectivity index (χ0) is 9.10. The van der Waals surface area contributed by atoms with Gasteiger partial charge in [-0.15, -0.1) is 0 Å². The van der Waals surface area contributed by atoms with Crippen LogP contribution in [0.5, 0.6) is 0 Å². The number of hydrogen-bond donors (Lipinski definition) is 0. The fourth-order valence-electron chi connectivity index (χ4n) is 1.52. The normalized spacial score (nSPS) is 17.4.